The number of esters is 1. The second-order valence-corrected chi connectivity index (χ2v) is 4.72. The van der Waals surface area contributed by atoms with Gasteiger partial charge in [-0.05, 0) is 32.3 Å². The van der Waals surface area contributed by atoms with Crippen molar-refractivity contribution in [2.45, 2.75) is 38.8 Å². The van der Waals surface area contributed by atoms with E-state index < -0.39 is 6.04 Å². The van der Waals surface area contributed by atoms with Gasteiger partial charge in [0.2, 0.25) is 0 Å². The molecule has 1 aromatic carbocycles. The van der Waals surface area contributed by atoms with Crippen molar-refractivity contribution in [3.8, 4) is 0 Å². The first kappa shape index (κ1) is 15.7. The molecule has 2 N–H and O–H groups in total. The fourth-order valence-electron chi connectivity index (χ4n) is 1.62. The van der Waals surface area contributed by atoms with Crippen LogP contribution in [0.1, 0.15) is 25.8 Å². The maximum Gasteiger partial charge on any atom is 0.323 e. The monoisotopic (exact) mass is 265 g/mol. The van der Waals surface area contributed by atoms with E-state index in [1.54, 1.807) is 0 Å². The molecule has 0 unspecified atom stereocenters. The second-order valence-electron chi connectivity index (χ2n) is 4.72. The van der Waals surface area contributed by atoms with E-state index in [1.807, 2.05) is 44.2 Å². The van der Waals surface area contributed by atoms with Gasteiger partial charge in [-0.2, -0.15) is 0 Å². The first-order valence-electron chi connectivity index (χ1n) is 6.67. The lowest BCUT2D eigenvalue weighted by atomic mass is 10.1. The Morgan fingerprint density at radius 3 is 2.53 bits per heavy atom. The van der Waals surface area contributed by atoms with Crippen molar-refractivity contribution in [3.63, 3.8) is 0 Å². The summed E-state index contributed by atoms with van der Waals surface area (Å²) >= 11 is 0. The highest BCUT2D eigenvalue weighted by atomic mass is 16.6. The van der Waals surface area contributed by atoms with Gasteiger partial charge < -0.3 is 15.2 Å². The van der Waals surface area contributed by atoms with E-state index in [-0.39, 0.29) is 18.7 Å². The first-order valence-corrected chi connectivity index (χ1v) is 6.67. The summed E-state index contributed by atoms with van der Waals surface area (Å²) in [6, 6.07) is 9.39. The molecule has 0 amide bonds. The fourth-order valence-corrected chi connectivity index (χ4v) is 1.62. The fraction of sp³-hybridized carbons (Fsp3) is 0.533. The summed E-state index contributed by atoms with van der Waals surface area (Å²) < 4.78 is 10.3. The van der Waals surface area contributed by atoms with Gasteiger partial charge in [-0.15, -0.1) is 0 Å². The van der Waals surface area contributed by atoms with Crippen LogP contribution < -0.4 is 5.73 Å². The van der Waals surface area contributed by atoms with Crippen molar-refractivity contribution in [2.75, 3.05) is 13.2 Å². The zero-order valence-electron chi connectivity index (χ0n) is 11.7. The molecule has 0 aliphatic carbocycles. The Bertz CT molecular complexity index is 365. The van der Waals surface area contributed by atoms with Crippen LogP contribution >= 0.6 is 0 Å². The summed E-state index contributed by atoms with van der Waals surface area (Å²) in [5.41, 5.74) is 6.97. The molecule has 1 atom stereocenters. The van der Waals surface area contributed by atoms with Crippen LogP contribution in [0.3, 0.4) is 0 Å². The van der Waals surface area contributed by atoms with Crippen LogP contribution in [0.4, 0.5) is 0 Å². The molecule has 0 radical (unpaired) electrons. The maximum absolute atomic E-state index is 11.6. The second kappa shape index (κ2) is 8.67. The van der Waals surface area contributed by atoms with Crippen LogP contribution in [0.15, 0.2) is 30.3 Å². The van der Waals surface area contributed by atoms with E-state index in [9.17, 15) is 4.79 Å². The molecular weight excluding hydrogens is 242 g/mol. The molecule has 0 aliphatic heterocycles. The molecule has 4 nitrogen and oxygen atoms in total. The third kappa shape index (κ3) is 6.94. The number of hydrogen-bond acceptors (Lipinski definition) is 4. The topological polar surface area (TPSA) is 61.5 Å². The Hall–Kier alpha value is -1.39. The Labute approximate surface area is 114 Å². The summed E-state index contributed by atoms with van der Waals surface area (Å²) in [7, 11) is 0. The van der Waals surface area contributed by atoms with E-state index in [2.05, 4.69) is 0 Å². The summed E-state index contributed by atoms with van der Waals surface area (Å²) in [5.74, 6) is -0.358. The third-order valence-electron chi connectivity index (χ3n) is 2.67. The lowest BCUT2D eigenvalue weighted by Crippen LogP contribution is -2.33. The summed E-state index contributed by atoms with van der Waals surface area (Å²) in [4.78, 5) is 11.6. The van der Waals surface area contributed by atoms with Gasteiger partial charge >= 0.3 is 5.97 Å². The molecule has 0 saturated heterocycles. The van der Waals surface area contributed by atoms with Crippen molar-refractivity contribution in [1.82, 2.24) is 0 Å². The van der Waals surface area contributed by atoms with Gasteiger partial charge in [-0.3, -0.25) is 4.79 Å². The number of carbonyl (C=O) groups is 1. The first-order chi connectivity index (χ1) is 9.09. The minimum Gasteiger partial charge on any atom is -0.462 e. The lowest BCUT2D eigenvalue weighted by Gasteiger charge is -2.12. The average Bonchev–Trinajstić information content (AvgIpc) is 2.41. The molecule has 1 rings (SSSR count). The van der Waals surface area contributed by atoms with E-state index >= 15 is 0 Å². The van der Waals surface area contributed by atoms with Crippen molar-refractivity contribution in [3.05, 3.63) is 35.9 Å². The predicted octanol–water partition coefficient (Wildman–Crippen LogP) is 1.91. The molecular formula is C15H23NO3. The third-order valence-corrected chi connectivity index (χ3v) is 2.67. The molecule has 0 saturated carbocycles. The average molecular weight is 265 g/mol. The van der Waals surface area contributed by atoms with Crippen LogP contribution in [0.2, 0.25) is 0 Å². The number of ether oxygens (including phenoxy) is 2. The quantitative estimate of drug-likeness (QED) is 0.576. The SMILES string of the molecule is CC(C)OCCOC(=O)[C@@H](N)CCc1ccccc1. The van der Waals surface area contributed by atoms with Crippen LogP contribution in [-0.2, 0) is 20.7 Å². The largest absolute Gasteiger partial charge is 0.462 e. The van der Waals surface area contributed by atoms with Crippen molar-refractivity contribution >= 4 is 5.97 Å². The highest BCUT2D eigenvalue weighted by Crippen LogP contribution is 2.04. The Morgan fingerprint density at radius 2 is 1.89 bits per heavy atom. The number of hydrogen-bond donors (Lipinski definition) is 1. The number of nitrogens with two attached hydrogens (primary N) is 1. The Morgan fingerprint density at radius 1 is 1.21 bits per heavy atom. The van der Waals surface area contributed by atoms with Crippen LogP contribution in [-0.4, -0.2) is 31.3 Å². The maximum atomic E-state index is 11.6. The molecule has 0 heterocycles. The van der Waals surface area contributed by atoms with Gasteiger partial charge in [0.05, 0.1) is 12.7 Å². The minimum atomic E-state index is -0.570. The van der Waals surface area contributed by atoms with Crippen LogP contribution in [0.5, 0.6) is 0 Å². The zero-order chi connectivity index (χ0) is 14.1. The van der Waals surface area contributed by atoms with Gasteiger partial charge in [-0.1, -0.05) is 30.3 Å². The Kier molecular flexibility index (Phi) is 7.15. The predicted molar refractivity (Wildman–Crippen MR) is 74.8 cm³/mol. The molecule has 0 fully saturated rings. The van der Waals surface area contributed by atoms with Crippen molar-refractivity contribution < 1.29 is 14.3 Å². The molecule has 0 aromatic heterocycles. The zero-order valence-corrected chi connectivity index (χ0v) is 11.7. The van der Waals surface area contributed by atoms with E-state index in [0.29, 0.717) is 13.0 Å². The number of aryl methyl sites for hydroxylation is 1. The van der Waals surface area contributed by atoms with E-state index in [4.69, 9.17) is 15.2 Å². The van der Waals surface area contributed by atoms with E-state index in [0.717, 1.165) is 6.42 Å². The van der Waals surface area contributed by atoms with Gasteiger partial charge in [0.25, 0.3) is 0 Å². The molecule has 1 aromatic rings. The number of benzene rings is 1. The number of carbonyl (C=O) groups excluding carboxylic acids is 1. The van der Waals surface area contributed by atoms with E-state index in [1.165, 1.54) is 5.56 Å². The van der Waals surface area contributed by atoms with Gasteiger partial charge in [0.15, 0.2) is 0 Å². The van der Waals surface area contributed by atoms with Crippen LogP contribution in [0, 0.1) is 0 Å². The van der Waals surface area contributed by atoms with Gasteiger partial charge in [0.1, 0.15) is 12.6 Å². The standard InChI is InChI=1S/C15H23NO3/c1-12(2)18-10-11-19-15(17)14(16)9-8-13-6-4-3-5-7-13/h3-7,12,14H,8-11,16H2,1-2H3/t14-/m0/s1. The smallest absolute Gasteiger partial charge is 0.323 e. The normalized spacial score (nSPS) is 12.4. The lowest BCUT2D eigenvalue weighted by molar-refractivity contribution is -0.147. The molecule has 0 aliphatic rings. The summed E-state index contributed by atoms with van der Waals surface area (Å²) in [6.45, 7) is 4.55. The van der Waals surface area contributed by atoms with Crippen molar-refractivity contribution in [1.29, 1.82) is 0 Å². The molecule has 19 heavy (non-hydrogen) atoms. The molecule has 0 bridgehead atoms. The van der Waals surface area contributed by atoms with Gasteiger partial charge in [0, 0.05) is 0 Å². The summed E-state index contributed by atoms with van der Waals surface area (Å²) in [6.07, 6.45) is 1.51. The molecule has 106 valence electrons. The Balaban J connectivity index is 2.18. The molecule has 0 spiro atoms. The van der Waals surface area contributed by atoms with Crippen molar-refractivity contribution in [2.24, 2.45) is 5.73 Å². The highest BCUT2D eigenvalue weighted by molar-refractivity contribution is 5.75. The summed E-state index contributed by atoms with van der Waals surface area (Å²) in [5, 5.41) is 0. The van der Waals surface area contributed by atoms with Gasteiger partial charge in [-0.25, -0.2) is 0 Å². The van der Waals surface area contributed by atoms with Crippen LogP contribution in [0.25, 0.3) is 0 Å². The molecule has 4 heteroatoms. The highest BCUT2D eigenvalue weighted by Gasteiger charge is 2.14. The number of rotatable bonds is 8. The minimum absolute atomic E-state index is 0.144.